The van der Waals surface area contributed by atoms with Crippen LogP contribution in [0.15, 0.2) is 53.6 Å². The number of nitrogens with zero attached hydrogens (tertiary/aromatic N) is 1. The maximum absolute atomic E-state index is 10.8. The van der Waals surface area contributed by atoms with Crippen molar-refractivity contribution in [3.05, 3.63) is 64.7 Å². The van der Waals surface area contributed by atoms with Crippen molar-refractivity contribution in [1.29, 1.82) is 0 Å². The normalized spacial score (nSPS) is 10.6. The second kappa shape index (κ2) is 6.02. The van der Waals surface area contributed by atoms with E-state index in [1.54, 1.807) is 12.3 Å². The molecule has 0 unspecified atom stereocenters. The average molecular weight is 274 g/mol. The summed E-state index contributed by atoms with van der Waals surface area (Å²) in [5.74, 6) is -1.32. The summed E-state index contributed by atoms with van der Waals surface area (Å²) in [6.45, 7) is 0. The molecule has 4 nitrogen and oxygen atoms in total. The molecule has 0 aliphatic heterocycles. The zero-order valence-corrected chi connectivity index (χ0v) is 10.6. The van der Waals surface area contributed by atoms with Crippen LogP contribution in [0.2, 0.25) is 5.02 Å². The molecule has 0 saturated carbocycles. The minimum Gasteiger partial charge on any atom is -0.545 e. The number of rotatable bonds is 4. The van der Waals surface area contributed by atoms with Crippen molar-refractivity contribution in [2.75, 3.05) is 5.43 Å². The van der Waals surface area contributed by atoms with Gasteiger partial charge in [-0.25, -0.2) is 0 Å². The van der Waals surface area contributed by atoms with Gasteiger partial charge in [0.1, 0.15) is 0 Å². The number of anilines is 1. The van der Waals surface area contributed by atoms with Crippen molar-refractivity contribution in [1.82, 2.24) is 0 Å². The number of halogens is 1. The Kier molecular flexibility index (Phi) is 4.15. The second-order valence-corrected chi connectivity index (χ2v) is 4.17. The molecule has 2 rings (SSSR count). The number of nitrogens with one attached hydrogen (secondary N) is 1. The van der Waals surface area contributed by atoms with Crippen molar-refractivity contribution in [2.45, 2.75) is 0 Å². The van der Waals surface area contributed by atoms with Crippen molar-refractivity contribution in [3.8, 4) is 0 Å². The van der Waals surface area contributed by atoms with Crippen molar-refractivity contribution in [3.63, 3.8) is 0 Å². The van der Waals surface area contributed by atoms with Crippen LogP contribution in [0.4, 0.5) is 5.69 Å². The number of hydrazone groups is 1. The highest BCUT2D eigenvalue weighted by atomic mass is 35.5. The van der Waals surface area contributed by atoms with Gasteiger partial charge in [0.2, 0.25) is 0 Å². The van der Waals surface area contributed by atoms with Gasteiger partial charge in [0.05, 0.1) is 17.9 Å². The zero-order chi connectivity index (χ0) is 13.7. The first-order chi connectivity index (χ1) is 9.16. The Morgan fingerprint density at radius 2 is 1.95 bits per heavy atom. The minimum atomic E-state index is -1.32. The van der Waals surface area contributed by atoms with Gasteiger partial charge in [0, 0.05) is 10.6 Å². The summed E-state index contributed by atoms with van der Waals surface area (Å²) < 4.78 is 0. The maximum atomic E-state index is 10.8. The summed E-state index contributed by atoms with van der Waals surface area (Å²) in [5.41, 5.74) is 4.13. The van der Waals surface area contributed by atoms with Gasteiger partial charge >= 0.3 is 0 Å². The largest absolute Gasteiger partial charge is 0.545 e. The highest BCUT2D eigenvalue weighted by Gasteiger charge is 2.02. The fourth-order valence-corrected chi connectivity index (χ4v) is 1.67. The summed E-state index contributed by atoms with van der Waals surface area (Å²) in [5, 5.41) is 15.0. The van der Waals surface area contributed by atoms with Gasteiger partial charge in [0.25, 0.3) is 0 Å². The van der Waals surface area contributed by atoms with Crippen LogP contribution < -0.4 is 10.5 Å². The molecule has 19 heavy (non-hydrogen) atoms. The Morgan fingerprint density at radius 1 is 1.21 bits per heavy atom. The number of carbonyl (C=O) groups excluding carboxylic acids is 1. The predicted molar refractivity (Wildman–Crippen MR) is 73.4 cm³/mol. The van der Waals surface area contributed by atoms with Crippen LogP contribution in [0.5, 0.6) is 0 Å². The first kappa shape index (κ1) is 13.1. The van der Waals surface area contributed by atoms with Gasteiger partial charge in [-0.15, -0.1) is 0 Å². The molecule has 0 saturated heterocycles. The SMILES string of the molecule is O=C([O-])c1cc(N/N=C\c2ccccc2)ccc1Cl. The number of hydrogen-bond acceptors (Lipinski definition) is 4. The van der Waals surface area contributed by atoms with E-state index in [-0.39, 0.29) is 10.6 Å². The van der Waals surface area contributed by atoms with Gasteiger partial charge in [0.15, 0.2) is 0 Å². The molecule has 0 spiro atoms. The van der Waals surface area contributed by atoms with Crippen LogP contribution >= 0.6 is 11.6 Å². The van der Waals surface area contributed by atoms with E-state index in [0.29, 0.717) is 5.69 Å². The van der Waals surface area contributed by atoms with E-state index in [9.17, 15) is 9.90 Å². The van der Waals surface area contributed by atoms with Crippen LogP contribution in [0.3, 0.4) is 0 Å². The molecule has 0 fully saturated rings. The fraction of sp³-hybridized carbons (Fsp3) is 0. The zero-order valence-electron chi connectivity index (χ0n) is 9.84. The molecule has 96 valence electrons. The minimum absolute atomic E-state index is 0.0680. The molecule has 0 aliphatic rings. The van der Waals surface area contributed by atoms with Gasteiger partial charge in [-0.05, 0) is 23.8 Å². The van der Waals surface area contributed by atoms with E-state index in [2.05, 4.69) is 10.5 Å². The number of benzene rings is 2. The summed E-state index contributed by atoms with van der Waals surface area (Å²) in [6, 6.07) is 14.0. The first-order valence-corrected chi connectivity index (χ1v) is 5.89. The molecular formula is C14H10ClN2O2-. The molecule has 0 aliphatic carbocycles. The lowest BCUT2D eigenvalue weighted by molar-refractivity contribution is -0.255. The van der Waals surface area contributed by atoms with E-state index < -0.39 is 5.97 Å². The Balaban J connectivity index is 2.10. The summed E-state index contributed by atoms with van der Waals surface area (Å²) in [7, 11) is 0. The lowest BCUT2D eigenvalue weighted by atomic mass is 10.2. The van der Waals surface area contributed by atoms with Crippen LogP contribution in [-0.2, 0) is 0 Å². The molecule has 0 aromatic heterocycles. The molecule has 0 atom stereocenters. The van der Waals surface area contributed by atoms with Gasteiger partial charge in [-0.3, -0.25) is 5.43 Å². The third-order valence-corrected chi connectivity index (χ3v) is 2.72. The lowest BCUT2D eigenvalue weighted by Crippen LogP contribution is -2.22. The Labute approximate surface area is 115 Å². The highest BCUT2D eigenvalue weighted by Crippen LogP contribution is 2.19. The average Bonchev–Trinajstić information content (AvgIpc) is 2.41. The smallest absolute Gasteiger partial charge is 0.0731 e. The Morgan fingerprint density at radius 3 is 2.63 bits per heavy atom. The summed E-state index contributed by atoms with van der Waals surface area (Å²) in [6.07, 6.45) is 1.63. The third kappa shape index (κ3) is 3.56. The molecule has 0 heterocycles. The van der Waals surface area contributed by atoms with Crippen LogP contribution in [0, 0.1) is 0 Å². The van der Waals surface area contributed by atoms with E-state index in [1.165, 1.54) is 12.1 Å². The summed E-state index contributed by atoms with van der Waals surface area (Å²) in [4.78, 5) is 10.8. The first-order valence-electron chi connectivity index (χ1n) is 5.52. The topological polar surface area (TPSA) is 64.5 Å². The molecule has 1 N–H and O–H groups in total. The number of aromatic carboxylic acids is 1. The van der Waals surface area contributed by atoms with Crippen molar-refractivity contribution >= 4 is 29.5 Å². The quantitative estimate of drug-likeness (QED) is 0.686. The predicted octanol–water partition coefficient (Wildman–Crippen LogP) is 2.15. The van der Waals surface area contributed by atoms with Gasteiger partial charge < -0.3 is 9.90 Å². The highest BCUT2D eigenvalue weighted by molar-refractivity contribution is 6.33. The molecule has 0 bridgehead atoms. The van der Waals surface area contributed by atoms with Gasteiger partial charge in [-0.2, -0.15) is 5.10 Å². The summed E-state index contributed by atoms with van der Waals surface area (Å²) >= 11 is 5.73. The maximum Gasteiger partial charge on any atom is 0.0731 e. The molecule has 2 aromatic carbocycles. The molecular weight excluding hydrogens is 264 g/mol. The standard InChI is InChI=1S/C14H11ClN2O2/c15-13-7-6-11(8-12(13)14(18)19)17-16-9-10-4-2-1-3-5-10/h1-9,17H,(H,18,19)/p-1/b16-9-. The second-order valence-electron chi connectivity index (χ2n) is 3.76. The van der Waals surface area contributed by atoms with Crippen LogP contribution in [0.1, 0.15) is 15.9 Å². The Hall–Kier alpha value is -2.33. The third-order valence-electron chi connectivity index (χ3n) is 2.39. The van der Waals surface area contributed by atoms with Crippen LogP contribution in [-0.4, -0.2) is 12.2 Å². The number of hydrogen-bond donors (Lipinski definition) is 1. The Bertz CT molecular complexity index is 612. The lowest BCUT2D eigenvalue weighted by Gasteiger charge is -2.07. The number of carboxylic acid groups (broad SMARTS) is 1. The van der Waals surface area contributed by atoms with Gasteiger partial charge in [-0.1, -0.05) is 41.9 Å². The molecule has 0 amide bonds. The van der Waals surface area contributed by atoms with Crippen molar-refractivity contribution < 1.29 is 9.90 Å². The fourth-order valence-electron chi connectivity index (χ4n) is 1.47. The molecule has 2 aromatic rings. The van der Waals surface area contributed by atoms with E-state index >= 15 is 0 Å². The molecule has 5 heteroatoms. The number of carbonyl (C=O) groups is 1. The van der Waals surface area contributed by atoms with E-state index in [0.717, 1.165) is 5.56 Å². The number of carboxylic acids is 1. The monoisotopic (exact) mass is 273 g/mol. The molecule has 0 radical (unpaired) electrons. The van der Waals surface area contributed by atoms with Crippen LogP contribution in [0.25, 0.3) is 0 Å². The van der Waals surface area contributed by atoms with E-state index in [4.69, 9.17) is 11.6 Å². The van der Waals surface area contributed by atoms with Crippen molar-refractivity contribution in [2.24, 2.45) is 5.10 Å². The van der Waals surface area contributed by atoms with E-state index in [1.807, 2.05) is 30.3 Å².